The van der Waals surface area contributed by atoms with Gasteiger partial charge in [-0.2, -0.15) is 0 Å². The van der Waals surface area contributed by atoms with Crippen molar-refractivity contribution in [3.63, 3.8) is 0 Å². The first kappa shape index (κ1) is 14.2. The van der Waals surface area contributed by atoms with Gasteiger partial charge in [-0.3, -0.25) is 0 Å². The van der Waals surface area contributed by atoms with E-state index < -0.39 is 0 Å². The van der Waals surface area contributed by atoms with Crippen LogP contribution in [0.4, 0.5) is 0 Å². The summed E-state index contributed by atoms with van der Waals surface area (Å²) in [7, 11) is 2.21. The van der Waals surface area contributed by atoms with Gasteiger partial charge in [-0.15, -0.1) is 0 Å². The van der Waals surface area contributed by atoms with Crippen LogP contribution in [0.15, 0.2) is 24.3 Å². The topological polar surface area (TPSA) is 3.24 Å². The first-order valence-corrected chi connectivity index (χ1v) is 6.88. The average Bonchev–Trinajstić information content (AvgIpc) is 2.28. The quantitative estimate of drug-likeness (QED) is 0.685. The maximum absolute atomic E-state index is 2.41. The molecule has 0 aliphatic heterocycles. The van der Waals surface area contributed by atoms with Crippen molar-refractivity contribution in [2.24, 2.45) is 5.92 Å². The molecule has 1 aromatic rings. The van der Waals surface area contributed by atoms with Crippen molar-refractivity contribution < 1.29 is 0 Å². The fourth-order valence-electron chi connectivity index (χ4n) is 2.15. The first-order valence-electron chi connectivity index (χ1n) is 6.88. The molecular formula is C16H27N. The molecule has 0 amide bonds. The maximum Gasteiger partial charge on any atom is 0.0233 e. The lowest BCUT2D eigenvalue weighted by Gasteiger charge is -2.18. The third-order valence-corrected chi connectivity index (χ3v) is 3.16. The third kappa shape index (κ3) is 5.36. The smallest absolute Gasteiger partial charge is 0.0233 e. The largest absolute Gasteiger partial charge is 0.302 e. The van der Waals surface area contributed by atoms with Crippen LogP contribution in [0.5, 0.6) is 0 Å². The van der Waals surface area contributed by atoms with Crippen molar-refractivity contribution in [2.75, 3.05) is 13.6 Å². The Kier molecular flexibility index (Phi) is 6.28. The van der Waals surface area contributed by atoms with Gasteiger partial charge < -0.3 is 4.90 Å². The Labute approximate surface area is 107 Å². The van der Waals surface area contributed by atoms with E-state index >= 15 is 0 Å². The minimum absolute atomic E-state index is 0.788. The summed E-state index contributed by atoms with van der Waals surface area (Å²) in [4.78, 5) is 2.41. The fraction of sp³-hybridized carbons (Fsp3) is 0.625. The molecule has 1 rings (SSSR count). The van der Waals surface area contributed by atoms with Crippen LogP contribution in [0.2, 0.25) is 0 Å². The molecule has 1 heteroatoms. The van der Waals surface area contributed by atoms with Crippen LogP contribution in [-0.4, -0.2) is 18.5 Å². The number of hydrogen-bond acceptors (Lipinski definition) is 1. The fourth-order valence-corrected chi connectivity index (χ4v) is 2.15. The maximum atomic E-state index is 2.41. The van der Waals surface area contributed by atoms with E-state index in [4.69, 9.17) is 0 Å². The second-order valence-electron chi connectivity index (χ2n) is 5.44. The summed E-state index contributed by atoms with van der Waals surface area (Å²) in [6, 6.07) is 8.90. The lowest BCUT2D eigenvalue weighted by atomic mass is 9.98. The van der Waals surface area contributed by atoms with E-state index in [1.165, 1.54) is 36.9 Å². The Morgan fingerprint density at radius 3 is 2.35 bits per heavy atom. The Balaban J connectivity index is 2.63. The van der Waals surface area contributed by atoms with Crippen LogP contribution >= 0.6 is 0 Å². The van der Waals surface area contributed by atoms with Crippen molar-refractivity contribution in [3.8, 4) is 0 Å². The molecule has 0 bridgehead atoms. The van der Waals surface area contributed by atoms with Crippen molar-refractivity contribution in [2.45, 2.75) is 46.6 Å². The zero-order chi connectivity index (χ0) is 12.7. The average molecular weight is 233 g/mol. The van der Waals surface area contributed by atoms with Gasteiger partial charge in [0.25, 0.3) is 0 Å². The van der Waals surface area contributed by atoms with Crippen LogP contribution < -0.4 is 0 Å². The van der Waals surface area contributed by atoms with E-state index in [9.17, 15) is 0 Å². The highest BCUT2D eigenvalue weighted by Crippen LogP contribution is 2.15. The molecule has 96 valence electrons. The van der Waals surface area contributed by atoms with Gasteiger partial charge in [0.2, 0.25) is 0 Å². The van der Waals surface area contributed by atoms with Crippen LogP contribution in [0.25, 0.3) is 0 Å². The number of aryl methyl sites for hydroxylation is 1. The van der Waals surface area contributed by atoms with Gasteiger partial charge in [-0.25, -0.2) is 0 Å². The summed E-state index contributed by atoms with van der Waals surface area (Å²) >= 11 is 0. The van der Waals surface area contributed by atoms with E-state index in [1.807, 2.05) is 0 Å². The van der Waals surface area contributed by atoms with E-state index in [0.29, 0.717) is 0 Å². The van der Waals surface area contributed by atoms with Gasteiger partial charge in [-0.05, 0) is 49.9 Å². The molecule has 0 unspecified atom stereocenters. The standard InChI is InChI=1S/C16H27N/c1-5-12-17(4)13-16-9-7-6-8-15(16)11-10-14(2)3/h6-9,14H,5,10-13H2,1-4H3. The molecule has 0 atom stereocenters. The van der Waals surface area contributed by atoms with Crippen molar-refractivity contribution in [3.05, 3.63) is 35.4 Å². The Morgan fingerprint density at radius 2 is 1.76 bits per heavy atom. The molecule has 0 saturated heterocycles. The van der Waals surface area contributed by atoms with Gasteiger partial charge >= 0.3 is 0 Å². The zero-order valence-corrected chi connectivity index (χ0v) is 11.9. The molecule has 0 heterocycles. The van der Waals surface area contributed by atoms with Crippen LogP contribution in [0.1, 0.15) is 44.7 Å². The van der Waals surface area contributed by atoms with Gasteiger partial charge in [0.1, 0.15) is 0 Å². The predicted molar refractivity (Wildman–Crippen MR) is 76.2 cm³/mol. The molecule has 1 aromatic carbocycles. The minimum Gasteiger partial charge on any atom is -0.302 e. The van der Waals surface area contributed by atoms with Gasteiger partial charge in [0.05, 0.1) is 0 Å². The Bertz CT molecular complexity index is 317. The minimum atomic E-state index is 0.788. The number of rotatable bonds is 7. The second kappa shape index (κ2) is 7.50. The summed E-state index contributed by atoms with van der Waals surface area (Å²) < 4.78 is 0. The molecule has 1 nitrogen and oxygen atoms in total. The molecule has 17 heavy (non-hydrogen) atoms. The first-order chi connectivity index (χ1) is 8.13. The molecule has 0 aromatic heterocycles. The van der Waals surface area contributed by atoms with E-state index in [0.717, 1.165) is 12.5 Å². The molecule has 0 saturated carbocycles. The number of hydrogen-bond donors (Lipinski definition) is 0. The van der Waals surface area contributed by atoms with Gasteiger partial charge in [-0.1, -0.05) is 45.0 Å². The molecule has 0 spiro atoms. The lowest BCUT2D eigenvalue weighted by molar-refractivity contribution is 0.326. The lowest BCUT2D eigenvalue weighted by Crippen LogP contribution is -2.19. The normalized spacial score (nSPS) is 11.4. The van der Waals surface area contributed by atoms with E-state index in [-0.39, 0.29) is 0 Å². The number of benzene rings is 1. The highest BCUT2D eigenvalue weighted by atomic mass is 15.1. The van der Waals surface area contributed by atoms with Crippen molar-refractivity contribution >= 4 is 0 Å². The molecule has 0 fully saturated rings. The van der Waals surface area contributed by atoms with Crippen molar-refractivity contribution in [1.82, 2.24) is 4.90 Å². The summed E-state index contributed by atoms with van der Waals surface area (Å²) in [5.74, 6) is 0.788. The van der Waals surface area contributed by atoms with Gasteiger partial charge in [0, 0.05) is 6.54 Å². The summed E-state index contributed by atoms with van der Waals surface area (Å²) in [6.45, 7) is 9.10. The number of nitrogens with zero attached hydrogens (tertiary/aromatic N) is 1. The molecule has 0 aliphatic carbocycles. The van der Waals surface area contributed by atoms with E-state index in [2.05, 4.69) is 57.0 Å². The highest BCUT2D eigenvalue weighted by Gasteiger charge is 2.05. The Morgan fingerprint density at radius 1 is 1.12 bits per heavy atom. The van der Waals surface area contributed by atoms with Crippen LogP contribution in [-0.2, 0) is 13.0 Å². The highest BCUT2D eigenvalue weighted by molar-refractivity contribution is 5.27. The SMILES string of the molecule is CCCN(C)Cc1ccccc1CCC(C)C. The monoisotopic (exact) mass is 233 g/mol. The van der Waals surface area contributed by atoms with Crippen LogP contribution in [0, 0.1) is 5.92 Å². The Hall–Kier alpha value is -0.820. The van der Waals surface area contributed by atoms with Crippen LogP contribution in [0.3, 0.4) is 0 Å². The predicted octanol–water partition coefficient (Wildman–Crippen LogP) is 4.12. The molecular weight excluding hydrogens is 206 g/mol. The zero-order valence-electron chi connectivity index (χ0n) is 11.9. The van der Waals surface area contributed by atoms with E-state index in [1.54, 1.807) is 0 Å². The summed E-state index contributed by atoms with van der Waals surface area (Å²) in [5.41, 5.74) is 3.04. The summed E-state index contributed by atoms with van der Waals surface area (Å²) in [5, 5.41) is 0. The molecule has 0 N–H and O–H groups in total. The van der Waals surface area contributed by atoms with Crippen molar-refractivity contribution in [1.29, 1.82) is 0 Å². The van der Waals surface area contributed by atoms with Gasteiger partial charge in [0.15, 0.2) is 0 Å². The second-order valence-corrected chi connectivity index (χ2v) is 5.44. The third-order valence-electron chi connectivity index (χ3n) is 3.16. The summed E-state index contributed by atoms with van der Waals surface area (Å²) in [6.07, 6.45) is 3.73. The molecule has 0 aliphatic rings. The molecule has 0 radical (unpaired) electrons.